The Balaban J connectivity index is 0.000000720. The van der Waals surface area contributed by atoms with Crippen molar-refractivity contribution >= 4 is 5.57 Å². The number of pyridine rings is 1. The van der Waals surface area contributed by atoms with Crippen LogP contribution in [0.1, 0.15) is 12.1 Å². The molecule has 2 radical (unpaired) electrons. The first-order chi connectivity index (χ1) is 5.47. The van der Waals surface area contributed by atoms with Crippen molar-refractivity contribution in [2.45, 2.75) is 6.42 Å². The molecule has 0 saturated carbocycles. The summed E-state index contributed by atoms with van der Waals surface area (Å²) in [6, 6.07) is 5.91. The first kappa shape index (κ1) is 12.9. The summed E-state index contributed by atoms with van der Waals surface area (Å²) in [4.78, 5) is 4.21. The fraction of sp³-hybridized carbons (Fsp3) is 0.100. The van der Waals surface area contributed by atoms with Crippen LogP contribution < -0.4 is 12.4 Å². The number of aromatic nitrogens is 1. The predicted octanol–water partition coefficient (Wildman–Crippen LogP) is -0.770. The van der Waals surface area contributed by atoms with Crippen LogP contribution in [0, 0.1) is 6.08 Å². The van der Waals surface area contributed by atoms with E-state index in [9.17, 15) is 0 Å². The van der Waals surface area contributed by atoms with Crippen molar-refractivity contribution in [1.82, 2.24) is 4.98 Å². The zero-order chi connectivity index (χ0) is 7.52. The molecule has 13 heavy (non-hydrogen) atoms. The topological polar surface area (TPSA) is 12.9 Å². The van der Waals surface area contributed by atoms with Gasteiger partial charge in [0, 0.05) is 11.8 Å². The second kappa shape index (κ2) is 6.33. The molecule has 2 rings (SSSR count). The summed E-state index contributed by atoms with van der Waals surface area (Å²) >= 11 is 0. The van der Waals surface area contributed by atoms with Gasteiger partial charge in [-0.05, 0) is 24.6 Å². The van der Waals surface area contributed by atoms with Crippen molar-refractivity contribution in [2.24, 2.45) is 0 Å². The van der Waals surface area contributed by atoms with E-state index < -0.39 is 0 Å². The van der Waals surface area contributed by atoms with Gasteiger partial charge in [0.1, 0.15) is 0 Å². The number of hydrogen-bond acceptors (Lipinski definition) is 1. The second-order valence-corrected chi connectivity index (χ2v) is 2.41. The summed E-state index contributed by atoms with van der Waals surface area (Å²) < 4.78 is 0. The minimum absolute atomic E-state index is 0. The molecular weight excluding hydrogens is 370 g/mol. The molecule has 1 aromatic rings. The molecule has 0 amide bonds. The van der Waals surface area contributed by atoms with Crippen molar-refractivity contribution in [2.75, 3.05) is 0 Å². The quantitative estimate of drug-likeness (QED) is 0.585. The van der Waals surface area contributed by atoms with Crippen molar-refractivity contribution < 1.29 is 40.1 Å². The van der Waals surface area contributed by atoms with Crippen LogP contribution in [0.15, 0.2) is 36.5 Å². The van der Waals surface area contributed by atoms with Gasteiger partial charge in [0.15, 0.2) is 0 Å². The minimum Gasteiger partial charge on any atom is -1.00 e. The second-order valence-electron chi connectivity index (χ2n) is 2.41. The Morgan fingerprint density at radius 1 is 1.31 bits per heavy atom. The van der Waals surface area contributed by atoms with Gasteiger partial charge in [-0.15, -0.1) is 0 Å². The van der Waals surface area contributed by atoms with Gasteiger partial charge < -0.3 is 12.4 Å². The Bertz CT molecular complexity index is 306. The summed E-state index contributed by atoms with van der Waals surface area (Å²) in [6.45, 7) is 0. The SMILES string of the molecule is [C]1=C(c2ccccn2)C=CC1.[Cl-].[Hg+]. The molecule has 3 heteroatoms. The first-order valence-corrected chi connectivity index (χ1v) is 3.65. The molecular formula is C10H8ClHgN. The average Bonchev–Trinajstić information content (AvgIpc) is 2.58. The third kappa shape index (κ3) is 3.24. The van der Waals surface area contributed by atoms with E-state index in [-0.39, 0.29) is 40.1 Å². The maximum atomic E-state index is 4.21. The fourth-order valence-electron chi connectivity index (χ4n) is 1.10. The van der Waals surface area contributed by atoms with Crippen LogP contribution in [0.3, 0.4) is 0 Å². The molecule has 1 nitrogen and oxygen atoms in total. The summed E-state index contributed by atoms with van der Waals surface area (Å²) in [6.07, 6.45) is 10.1. The van der Waals surface area contributed by atoms with Crippen molar-refractivity contribution in [3.63, 3.8) is 0 Å². The van der Waals surface area contributed by atoms with Crippen molar-refractivity contribution in [1.29, 1.82) is 0 Å². The summed E-state index contributed by atoms with van der Waals surface area (Å²) in [7, 11) is 0. The summed E-state index contributed by atoms with van der Waals surface area (Å²) in [5.41, 5.74) is 2.13. The Labute approximate surface area is 105 Å². The van der Waals surface area contributed by atoms with Crippen LogP contribution in [-0.4, -0.2) is 4.98 Å². The van der Waals surface area contributed by atoms with Gasteiger partial charge in [-0.2, -0.15) is 0 Å². The van der Waals surface area contributed by atoms with Crippen molar-refractivity contribution in [3.8, 4) is 0 Å². The molecule has 0 atom stereocenters. The van der Waals surface area contributed by atoms with E-state index in [1.54, 1.807) is 6.20 Å². The molecule has 0 spiro atoms. The van der Waals surface area contributed by atoms with Crippen LogP contribution in [0.25, 0.3) is 5.57 Å². The third-order valence-electron chi connectivity index (χ3n) is 1.64. The molecule has 0 saturated heterocycles. The Kier molecular flexibility index (Phi) is 6.26. The van der Waals surface area contributed by atoms with E-state index in [1.807, 2.05) is 18.2 Å². The molecule has 0 unspecified atom stereocenters. The van der Waals surface area contributed by atoms with Crippen LogP contribution in [-0.2, 0) is 27.7 Å². The molecule has 0 aliphatic heterocycles. The van der Waals surface area contributed by atoms with Gasteiger partial charge in [0.25, 0.3) is 0 Å². The molecule has 0 fully saturated rings. The molecule has 0 N–H and O–H groups in total. The van der Waals surface area contributed by atoms with E-state index >= 15 is 0 Å². The molecule has 1 aliphatic rings. The molecule has 1 aromatic heterocycles. The van der Waals surface area contributed by atoms with Gasteiger partial charge in [-0.1, -0.05) is 18.2 Å². The van der Waals surface area contributed by atoms with E-state index in [4.69, 9.17) is 0 Å². The predicted molar refractivity (Wildman–Crippen MR) is 44.6 cm³/mol. The Hall–Kier alpha value is -0.145. The van der Waals surface area contributed by atoms with Crippen LogP contribution in [0.2, 0.25) is 0 Å². The van der Waals surface area contributed by atoms with Gasteiger partial charge >= 0.3 is 27.7 Å². The molecule has 0 aromatic carbocycles. The maximum Gasteiger partial charge on any atom is 1.00 e. The number of nitrogens with zero attached hydrogens (tertiary/aromatic N) is 1. The molecule has 1 aliphatic carbocycles. The largest absolute Gasteiger partial charge is 1.00 e. The van der Waals surface area contributed by atoms with Crippen LogP contribution >= 0.6 is 0 Å². The van der Waals surface area contributed by atoms with Gasteiger partial charge in [-0.25, -0.2) is 0 Å². The van der Waals surface area contributed by atoms with E-state index in [0.717, 1.165) is 17.7 Å². The Morgan fingerprint density at radius 2 is 2.15 bits per heavy atom. The third-order valence-corrected chi connectivity index (χ3v) is 1.64. The molecule has 0 bridgehead atoms. The number of rotatable bonds is 1. The average molecular weight is 378 g/mol. The van der Waals surface area contributed by atoms with Crippen molar-refractivity contribution in [3.05, 3.63) is 48.3 Å². The first-order valence-electron chi connectivity index (χ1n) is 3.65. The zero-order valence-electron chi connectivity index (χ0n) is 7.20. The Morgan fingerprint density at radius 3 is 2.69 bits per heavy atom. The summed E-state index contributed by atoms with van der Waals surface area (Å²) in [5, 5.41) is 0. The normalized spacial score (nSPS) is 12.8. The molecule has 1 heterocycles. The monoisotopic (exact) mass is 379 g/mol. The zero-order valence-corrected chi connectivity index (χ0v) is 13.5. The van der Waals surface area contributed by atoms with E-state index in [0.29, 0.717) is 0 Å². The van der Waals surface area contributed by atoms with E-state index in [2.05, 4.69) is 23.2 Å². The number of allylic oxidation sites excluding steroid dienone is 4. The number of hydrogen-bond donors (Lipinski definition) is 0. The number of halogens is 1. The van der Waals surface area contributed by atoms with Crippen LogP contribution in [0.5, 0.6) is 0 Å². The van der Waals surface area contributed by atoms with Gasteiger partial charge in [0.2, 0.25) is 0 Å². The smallest absolute Gasteiger partial charge is 1.00 e. The fourth-order valence-corrected chi connectivity index (χ4v) is 1.10. The maximum absolute atomic E-state index is 4.21. The van der Waals surface area contributed by atoms with Gasteiger partial charge in [0.05, 0.1) is 5.69 Å². The van der Waals surface area contributed by atoms with E-state index in [1.165, 1.54) is 0 Å². The van der Waals surface area contributed by atoms with Crippen LogP contribution in [0.4, 0.5) is 0 Å². The molecule has 62 valence electrons. The van der Waals surface area contributed by atoms with Gasteiger partial charge in [-0.3, -0.25) is 4.98 Å². The minimum atomic E-state index is 0. The standard InChI is InChI=1S/C10H8N.ClH.Hg/c1-2-6-9(5-1)10-7-3-4-8-11-10;;/h1,3-5,7-8H,2H2;1H;/q;;+1/p-1. The summed E-state index contributed by atoms with van der Waals surface area (Å²) in [5.74, 6) is 0.